The summed E-state index contributed by atoms with van der Waals surface area (Å²) in [6.07, 6.45) is -0.785. The summed E-state index contributed by atoms with van der Waals surface area (Å²) in [6, 6.07) is 0.212. The zero-order chi connectivity index (χ0) is 21.3. The lowest BCUT2D eigenvalue weighted by molar-refractivity contribution is -0.138. The minimum atomic E-state index is -4.54. The maximum atomic E-state index is 13.4. The van der Waals surface area contributed by atoms with E-state index >= 15 is 0 Å². The molecule has 0 spiro atoms. The minimum Gasteiger partial charge on any atom is -0.377 e. The highest BCUT2D eigenvalue weighted by Crippen LogP contribution is 2.45. The quantitative estimate of drug-likeness (QED) is 0.576. The Morgan fingerprint density at radius 1 is 1.28 bits per heavy atom. The summed E-state index contributed by atoms with van der Waals surface area (Å²) < 4.78 is 46.1. The van der Waals surface area contributed by atoms with Crippen LogP contribution in [0.5, 0.6) is 0 Å². The highest BCUT2D eigenvalue weighted by molar-refractivity contribution is 9.10. The summed E-state index contributed by atoms with van der Waals surface area (Å²) in [5.74, 6) is -0.163. The molecular formula is C19H20BrF3N4O2. The third-order valence-electron chi connectivity index (χ3n) is 4.69. The molecule has 29 heavy (non-hydrogen) atoms. The number of methoxy groups -OCH3 is 1. The smallest absolute Gasteiger partial charge is 0.377 e. The fraction of sp³-hybridized carbons (Fsp3) is 0.421. The van der Waals surface area contributed by atoms with E-state index in [1.165, 1.54) is 19.5 Å². The number of nitrogens with zero attached hydrogens (tertiary/aromatic N) is 2. The van der Waals surface area contributed by atoms with Crippen LogP contribution in [0, 0.1) is 6.92 Å². The summed E-state index contributed by atoms with van der Waals surface area (Å²) in [5, 5.41) is 5.03. The first kappa shape index (κ1) is 21.5. The van der Waals surface area contributed by atoms with Gasteiger partial charge in [-0.2, -0.15) is 13.2 Å². The zero-order valence-electron chi connectivity index (χ0n) is 16.0. The lowest BCUT2D eigenvalue weighted by Crippen LogP contribution is -2.22. The van der Waals surface area contributed by atoms with Gasteiger partial charge in [-0.3, -0.25) is 9.97 Å². The van der Waals surface area contributed by atoms with E-state index in [9.17, 15) is 18.0 Å². The van der Waals surface area contributed by atoms with Gasteiger partial charge in [-0.05, 0) is 48.7 Å². The van der Waals surface area contributed by atoms with Gasteiger partial charge in [0.25, 0.3) is 0 Å². The van der Waals surface area contributed by atoms with Crippen LogP contribution in [0.4, 0.5) is 29.3 Å². The van der Waals surface area contributed by atoms with Crippen LogP contribution in [0.15, 0.2) is 22.9 Å². The monoisotopic (exact) mass is 472 g/mol. The number of aromatic nitrogens is 2. The van der Waals surface area contributed by atoms with Gasteiger partial charge in [-0.15, -0.1) is 0 Å². The Labute approximate surface area is 174 Å². The van der Waals surface area contributed by atoms with E-state index in [-0.39, 0.29) is 23.4 Å². The molecule has 0 radical (unpaired) electrons. The number of urea groups is 1. The molecular weight excluding hydrogens is 453 g/mol. The standard InChI is InChI=1S/C19H20BrF3N4O2/c1-9-16(20)15(10(2)29-3)14(8-24-9)27-18(28)26-12-6-13(19(21,22)23)17(25-7-12)11-4-5-11/h6-8,10-11H,4-5H2,1-3H3,(H2,26,27,28)/t10-/m1/s1. The molecule has 1 aliphatic rings. The average Bonchev–Trinajstić information content (AvgIpc) is 3.49. The fourth-order valence-corrected chi connectivity index (χ4v) is 3.59. The van der Waals surface area contributed by atoms with E-state index < -0.39 is 17.8 Å². The number of hydrogen-bond acceptors (Lipinski definition) is 4. The summed E-state index contributed by atoms with van der Waals surface area (Å²) >= 11 is 3.44. The molecule has 10 heteroatoms. The van der Waals surface area contributed by atoms with Crippen LogP contribution in [0.3, 0.4) is 0 Å². The summed E-state index contributed by atoms with van der Waals surface area (Å²) in [6.45, 7) is 3.60. The number of ether oxygens (including phenoxy) is 1. The number of halogens is 4. The maximum absolute atomic E-state index is 13.4. The number of hydrogen-bond donors (Lipinski definition) is 2. The topological polar surface area (TPSA) is 76.1 Å². The van der Waals surface area contributed by atoms with E-state index in [4.69, 9.17) is 4.74 Å². The van der Waals surface area contributed by atoms with Crippen LogP contribution in [-0.2, 0) is 10.9 Å². The number of amides is 2. The van der Waals surface area contributed by atoms with Crippen LogP contribution in [0.25, 0.3) is 0 Å². The van der Waals surface area contributed by atoms with Crippen molar-refractivity contribution in [3.8, 4) is 0 Å². The fourth-order valence-electron chi connectivity index (χ4n) is 2.95. The number of alkyl halides is 3. The molecule has 6 nitrogen and oxygen atoms in total. The van der Waals surface area contributed by atoms with E-state index in [1.807, 2.05) is 0 Å². The van der Waals surface area contributed by atoms with Gasteiger partial charge in [0.1, 0.15) is 0 Å². The van der Waals surface area contributed by atoms with Gasteiger partial charge in [0.05, 0.1) is 46.8 Å². The lowest BCUT2D eigenvalue weighted by atomic mass is 10.1. The number of pyridine rings is 2. The Bertz CT molecular complexity index is 932. The van der Waals surface area contributed by atoms with Gasteiger partial charge in [-0.1, -0.05) is 0 Å². The molecule has 0 saturated heterocycles. The Balaban J connectivity index is 1.82. The number of anilines is 2. The molecule has 1 atom stereocenters. The van der Waals surface area contributed by atoms with Crippen molar-refractivity contribution in [1.29, 1.82) is 0 Å². The molecule has 2 N–H and O–H groups in total. The molecule has 0 aromatic carbocycles. The van der Waals surface area contributed by atoms with E-state index in [1.54, 1.807) is 13.8 Å². The van der Waals surface area contributed by atoms with Crippen molar-refractivity contribution < 1.29 is 22.7 Å². The van der Waals surface area contributed by atoms with Gasteiger partial charge in [0, 0.05) is 23.1 Å². The second-order valence-electron chi connectivity index (χ2n) is 6.87. The third kappa shape index (κ3) is 4.87. The molecule has 2 amide bonds. The minimum absolute atomic E-state index is 0.0336. The normalized spacial score (nSPS) is 15.1. The number of nitrogens with one attached hydrogen (secondary N) is 2. The predicted octanol–water partition coefficient (Wildman–Crippen LogP) is 5.80. The van der Waals surface area contributed by atoms with Crippen molar-refractivity contribution in [2.75, 3.05) is 17.7 Å². The molecule has 3 rings (SSSR count). The van der Waals surface area contributed by atoms with Crippen LogP contribution in [-0.4, -0.2) is 23.1 Å². The number of rotatable bonds is 5. The summed E-state index contributed by atoms with van der Waals surface area (Å²) in [5.41, 5.74) is 0.947. The van der Waals surface area contributed by atoms with Gasteiger partial charge >= 0.3 is 12.2 Å². The molecule has 2 aromatic rings. The van der Waals surface area contributed by atoms with Crippen LogP contribution in [0.2, 0.25) is 0 Å². The Kier molecular flexibility index (Phi) is 6.13. The highest BCUT2D eigenvalue weighted by Gasteiger charge is 2.39. The first-order valence-electron chi connectivity index (χ1n) is 8.94. The first-order chi connectivity index (χ1) is 13.6. The van der Waals surface area contributed by atoms with Crippen molar-refractivity contribution in [2.45, 2.75) is 44.9 Å². The predicted molar refractivity (Wildman–Crippen MR) is 106 cm³/mol. The summed E-state index contributed by atoms with van der Waals surface area (Å²) in [4.78, 5) is 20.6. The SMILES string of the molecule is CO[C@H](C)c1c(NC(=O)Nc2cnc(C3CC3)c(C(F)(F)F)c2)cnc(C)c1Br. The molecule has 1 aliphatic carbocycles. The Hall–Kier alpha value is -2.20. The lowest BCUT2D eigenvalue weighted by Gasteiger charge is -2.19. The largest absolute Gasteiger partial charge is 0.418 e. The van der Waals surface area contributed by atoms with E-state index in [0.717, 1.165) is 6.07 Å². The Morgan fingerprint density at radius 3 is 2.55 bits per heavy atom. The van der Waals surface area contributed by atoms with Crippen molar-refractivity contribution in [1.82, 2.24) is 9.97 Å². The van der Waals surface area contributed by atoms with Gasteiger partial charge in [-0.25, -0.2) is 4.79 Å². The first-order valence-corrected chi connectivity index (χ1v) is 9.74. The molecule has 1 saturated carbocycles. The number of carbonyl (C=O) groups is 1. The second kappa shape index (κ2) is 8.27. The average molecular weight is 473 g/mol. The van der Waals surface area contributed by atoms with Crippen molar-refractivity contribution in [3.05, 3.63) is 45.4 Å². The second-order valence-corrected chi connectivity index (χ2v) is 7.66. The number of aryl methyl sites for hydroxylation is 1. The van der Waals surface area contributed by atoms with Crippen LogP contribution >= 0.6 is 15.9 Å². The van der Waals surface area contributed by atoms with Gasteiger partial charge in [0.15, 0.2) is 0 Å². The van der Waals surface area contributed by atoms with Crippen LogP contribution in [0.1, 0.15) is 54.3 Å². The zero-order valence-corrected chi connectivity index (χ0v) is 17.6. The van der Waals surface area contributed by atoms with Gasteiger partial charge in [0.2, 0.25) is 0 Å². The van der Waals surface area contributed by atoms with Crippen LogP contribution < -0.4 is 10.6 Å². The molecule has 0 bridgehead atoms. The highest BCUT2D eigenvalue weighted by atomic mass is 79.9. The molecule has 0 unspecified atom stereocenters. The molecule has 2 aromatic heterocycles. The molecule has 1 fully saturated rings. The van der Waals surface area contributed by atoms with Crippen molar-refractivity contribution >= 4 is 33.3 Å². The number of carbonyl (C=O) groups excluding carboxylic acids is 1. The van der Waals surface area contributed by atoms with Crippen molar-refractivity contribution in [3.63, 3.8) is 0 Å². The Morgan fingerprint density at radius 2 is 1.97 bits per heavy atom. The molecule has 156 valence electrons. The molecule has 2 heterocycles. The third-order valence-corrected chi connectivity index (χ3v) is 5.69. The maximum Gasteiger partial charge on any atom is 0.418 e. The molecule has 0 aliphatic heterocycles. The van der Waals surface area contributed by atoms with Gasteiger partial charge < -0.3 is 15.4 Å². The van der Waals surface area contributed by atoms with E-state index in [2.05, 4.69) is 36.5 Å². The summed E-state index contributed by atoms with van der Waals surface area (Å²) in [7, 11) is 1.53. The van der Waals surface area contributed by atoms with E-state index in [0.29, 0.717) is 34.3 Å². The van der Waals surface area contributed by atoms with Crippen molar-refractivity contribution in [2.24, 2.45) is 0 Å².